The molecule has 1 saturated heterocycles. The number of likely N-dealkylation sites (tertiary alicyclic amines) is 1. The summed E-state index contributed by atoms with van der Waals surface area (Å²) in [7, 11) is 4.38. The van der Waals surface area contributed by atoms with Crippen molar-refractivity contribution in [2.24, 2.45) is 5.92 Å². The quantitative estimate of drug-likeness (QED) is 0.129. The van der Waals surface area contributed by atoms with Gasteiger partial charge in [0.05, 0.1) is 38.2 Å². The van der Waals surface area contributed by atoms with Crippen molar-refractivity contribution in [3.8, 4) is 17.2 Å². The van der Waals surface area contributed by atoms with Crippen molar-refractivity contribution < 1.29 is 38.6 Å². The molecule has 0 saturated carbocycles. The summed E-state index contributed by atoms with van der Waals surface area (Å²) in [6.07, 6.45) is 0. The highest BCUT2D eigenvalue weighted by atomic mass is 16.6. The van der Waals surface area contributed by atoms with Gasteiger partial charge in [0.2, 0.25) is 0 Å². The Hall–Kier alpha value is -5.71. The number of carbonyl (C=O) groups is 3. The standard InChI is InChI=1S/C35H32N2O9/c1-35(34(40)41)30(21-10-15-25(16-11-21)37(42)43)29(32(38)23-8-6-5-7-9-23)31(22-12-17-26(44-2)18-13-22)36(35)33(39)24-14-19-27(45-3)28(20-24)46-4/h5-20,29-31H,1-4H3,(H,40,41). The first-order valence-corrected chi connectivity index (χ1v) is 14.3. The van der Waals surface area contributed by atoms with Crippen LogP contribution in [0, 0.1) is 16.0 Å². The van der Waals surface area contributed by atoms with Crippen LogP contribution in [-0.2, 0) is 4.79 Å². The third-order valence-electron chi connectivity index (χ3n) is 8.65. The van der Waals surface area contributed by atoms with Crippen molar-refractivity contribution in [3.63, 3.8) is 0 Å². The van der Waals surface area contributed by atoms with Gasteiger partial charge >= 0.3 is 5.97 Å². The molecule has 1 amide bonds. The summed E-state index contributed by atoms with van der Waals surface area (Å²) < 4.78 is 16.1. The Labute approximate surface area is 265 Å². The molecule has 1 N–H and O–H groups in total. The van der Waals surface area contributed by atoms with E-state index in [9.17, 15) is 29.6 Å². The van der Waals surface area contributed by atoms with Crippen LogP contribution in [0.1, 0.15) is 50.7 Å². The lowest BCUT2D eigenvalue weighted by atomic mass is 9.71. The average Bonchev–Trinajstić information content (AvgIpc) is 3.37. The first kappa shape index (κ1) is 31.7. The van der Waals surface area contributed by atoms with Crippen LogP contribution in [0.15, 0.2) is 97.1 Å². The Balaban J connectivity index is 1.82. The van der Waals surface area contributed by atoms with Crippen LogP contribution in [-0.4, -0.2) is 59.5 Å². The molecule has 11 heteroatoms. The van der Waals surface area contributed by atoms with Gasteiger partial charge in [-0.05, 0) is 48.4 Å². The number of carbonyl (C=O) groups excluding carboxylic acids is 2. The summed E-state index contributed by atoms with van der Waals surface area (Å²) in [6, 6.07) is 24.0. The Morgan fingerprint density at radius 3 is 1.93 bits per heavy atom. The topological polar surface area (TPSA) is 146 Å². The van der Waals surface area contributed by atoms with Crippen LogP contribution in [0.2, 0.25) is 0 Å². The van der Waals surface area contributed by atoms with Gasteiger partial charge in [0.25, 0.3) is 11.6 Å². The number of benzene rings is 4. The number of amides is 1. The highest BCUT2D eigenvalue weighted by Gasteiger charge is 2.65. The molecule has 0 spiro atoms. The number of ketones is 1. The Morgan fingerprint density at radius 2 is 1.39 bits per heavy atom. The van der Waals surface area contributed by atoms with E-state index in [1.807, 2.05) is 0 Å². The molecule has 4 atom stereocenters. The molecule has 11 nitrogen and oxygen atoms in total. The number of non-ortho nitro benzene ring substituents is 1. The number of nitro benzene ring substituents is 1. The number of methoxy groups -OCH3 is 3. The van der Waals surface area contributed by atoms with Crippen molar-refractivity contribution in [3.05, 3.63) is 129 Å². The van der Waals surface area contributed by atoms with E-state index in [0.29, 0.717) is 28.2 Å². The van der Waals surface area contributed by atoms with Crippen molar-refractivity contribution in [1.29, 1.82) is 0 Å². The molecule has 1 aliphatic heterocycles. The highest BCUT2D eigenvalue weighted by Crippen LogP contribution is 2.57. The molecule has 4 unspecified atom stereocenters. The lowest BCUT2D eigenvalue weighted by Gasteiger charge is -2.38. The van der Waals surface area contributed by atoms with Gasteiger partial charge in [0, 0.05) is 29.2 Å². The minimum Gasteiger partial charge on any atom is -0.497 e. The van der Waals surface area contributed by atoms with Crippen molar-refractivity contribution >= 4 is 23.3 Å². The molecule has 1 heterocycles. The van der Waals surface area contributed by atoms with E-state index in [4.69, 9.17) is 14.2 Å². The van der Waals surface area contributed by atoms with E-state index < -0.39 is 40.2 Å². The Bertz CT molecular complexity index is 1770. The second-order valence-corrected chi connectivity index (χ2v) is 11.0. The number of rotatable bonds is 10. The first-order chi connectivity index (χ1) is 22.1. The maximum atomic E-state index is 14.7. The van der Waals surface area contributed by atoms with Gasteiger partial charge in [-0.25, -0.2) is 4.79 Å². The predicted octanol–water partition coefficient (Wildman–Crippen LogP) is 5.94. The molecule has 1 aliphatic rings. The van der Waals surface area contributed by atoms with Crippen molar-refractivity contribution in [2.45, 2.75) is 24.4 Å². The van der Waals surface area contributed by atoms with E-state index in [2.05, 4.69) is 0 Å². The zero-order chi connectivity index (χ0) is 33.2. The van der Waals surface area contributed by atoms with Crippen LogP contribution < -0.4 is 14.2 Å². The molecule has 236 valence electrons. The molecule has 0 radical (unpaired) electrons. The lowest BCUT2D eigenvalue weighted by molar-refractivity contribution is -0.384. The summed E-state index contributed by atoms with van der Waals surface area (Å²) in [6.45, 7) is 1.41. The van der Waals surface area contributed by atoms with Crippen LogP contribution >= 0.6 is 0 Å². The maximum Gasteiger partial charge on any atom is 0.330 e. The smallest absolute Gasteiger partial charge is 0.330 e. The van der Waals surface area contributed by atoms with Gasteiger partial charge in [0.1, 0.15) is 11.3 Å². The minimum atomic E-state index is -2.01. The van der Waals surface area contributed by atoms with Gasteiger partial charge in [-0.3, -0.25) is 19.7 Å². The summed E-state index contributed by atoms with van der Waals surface area (Å²) in [4.78, 5) is 55.0. The van der Waals surface area contributed by atoms with E-state index >= 15 is 0 Å². The zero-order valence-corrected chi connectivity index (χ0v) is 25.6. The zero-order valence-electron chi connectivity index (χ0n) is 25.6. The molecule has 4 aromatic rings. The monoisotopic (exact) mass is 624 g/mol. The number of hydrogen-bond acceptors (Lipinski definition) is 8. The molecule has 0 aromatic heterocycles. The number of nitro groups is 1. The van der Waals surface area contributed by atoms with Crippen LogP contribution in [0.3, 0.4) is 0 Å². The van der Waals surface area contributed by atoms with Crippen molar-refractivity contribution in [1.82, 2.24) is 4.90 Å². The average molecular weight is 625 g/mol. The summed E-state index contributed by atoms with van der Waals surface area (Å²) in [5.41, 5.74) is -0.925. The van der Waals surface area contributed by atoms with Gasteiger partial charge < -0.3 is 24.2 Å². The fraction of sp³-hybridized carbons (Fsp3) is 0.229. The number of aliphatic carboxylic acids is 1. The normalized spacial score (nSPS) is 20.5. The van der Waals surface area contributed by atoms with E-state index in [-0.39, 0.29) is 22.8 Å². The van der Waals surface area contributed by atoms with Gasteiger partial charge in [-0.2, -0.15) is 0 Å². The van der Waals surface area contributed by atoms with E-state index in [1.54, 1.807) is 60.7 Å². The SMILES string of the molecule is COc1ccc(C2C(C(=O)c3ccccc3)C(c3ccc([N+](=O)[O-])cc3)C(C)(C(=O)O)N2C(=O)c2ccc(OC)c(OC)c2)cc1. The van der Waals surface area contributed by atoms with Crippen molar-refractivity contribution in [2.75, 3.05) is 21.3 Å². The lowest BCUT2D eigenvalue weighted by Crippen LogP contribution is -2.54. The molecular formula is C35H32N2O9. The summed E-state index contributed by atoms with van der Waals surface area (Å²) in [5.74, 6) is -3.51. The van der Waals surface area contributed by atoms with Crippen LogP contribution in [0.4, 0.5) is 5.69 Å². The van der Waals surface area contributed by atoms with Crippen LogP contribution in [0.5, 0.6) is 17.2 Å². The number of ether oxygens (including phenoxy) is 3. The number of hydrogen-bond donors (Lipinski definition) is 1. The van der Waals surface area contributed by atoms with E-state index in [0.717, 1.165) is 0 Å². The summed E-state index contributed by atoms with van der Waals surface area (Å²) in [5, 5.41) is 22.5. The fourth-order valence-corrected chi connectivity index (χ4v) is 6.40. The summed E-state index contributed by atoms with van der Waals surface area (Å²) >= 11 is 0. The van der Waals surface area contributed by atoms with E-state index in [1.165, 1.54) is 69.6 Å². The number of carboxylic acid groups (broad SMARTS) is 1. The first-order valence-electron chi connectivity index (χ1n) is 14.3. The molecule has 4 aromatic carbocycles. The molecular weight excluding hydrogens is 592 g/mol. The van der Waals surface area contributed by atoms with Crippen LogP contribution in [0.25, 0.3) is 0 Å². The van der Waals surface area contributed by atoms with Gasteiger partial charge in [-0.1, -0.05) is 54.6 Å². The fourth-order valence-electron chi connectivity index (χ4n) is 6.40. The molecule has 5 rings (SSSR count). The molecule has 46 heavy (non-hydrogen) atoms. The van der Waals surface area contributed by atoms with Gasteiger partial charge in [-0.15, -0.1) is 0 Å². The largest absolute Gasteiger partial charge is 0.497 e. The Kier molecular flexibility index (Phi) is 8.77. The minimum absolute atomic E-state index is 0.110. The second-order valence-electron chi connectivity index (χ2n) is 11.0. The number of Topliss-reactive ketones (excluding diaryl/α,β-unsaturated/α-hetero) is 1. The maximum absolute atomic E-state index is 14.7. The predicted molar refractivity (Wildman–Crippen MR) is 168 cm³/mol. The third-order valence-corrected chi connectivity index (χ3v) is 8.65. The highest BCUT2D eigenvalue weighted by molar-refractivity contribution is 6.04. The third kappa shape index (κ3) is 5.40. The Morgan fingerprint density at radius 1 is 0.783 bits per heavy atom. The second kappa shape index (κ2) is 12.7. The molecule has 0 aliphatic carbocycles. The molecule has 1 fully saturated rings. The number of nitrogens with zero attached hydrogens (tertiary/aromatic N) is 2. The molecule has 0 bridgehead atoms. The number of carboxylic acids is 1. The van der Waals surface area contributed by atoms with Gasteiger partial charge in [0.15, 0.2) is 17.3 Å².